The molecule has 0 atom stereocenters. The van der Waals surface area contributed by atoms with Crippen LogP contribution >= 0.6 is 0 Å². The van der Waals surface area contributed by atoms with Crippen molar-refractivity contribution in [3.05, 3.63) is 46.3 Å². The van der Waals surface area contributed by atoms with Gasteiger partial charge in [-0.15, -0.1) is 5.10 Å². The van der Waals surface area contributed by atoms with Gasteiger partial charge >= 0.3 is 5.97 Å². The van der Waals surface area contributed by atoms with Gasteiger partial charge in [-0.05, 0) is 25.0 Å². The van der Waals surface area contributed by atoms with Crippen molar-refractivity contribution in [1.29, 1.82) is 0 Å². The molecule has 0 bridgehead atoms. The Morgan fingerprint density at radius 2 is 2.15 bits per heavy atom. The van der Waals surface area contributed by atoms with E-state index in [1.807, 2.05) is 26.0 Å². The van der Waals surface area contributed by atoms with E-state index in [1.165, 1.54) is 7.11 Å². The fourth-order valence-corrected chi connectivity index (χ4v) is 2.04. The minimum atomic E-state index is -1.09. The van der Waals surface area contributed by atoms with Gasteiger partial charge in [0.05, 0.1) is 18.8 Å². The van der Waals surface area contributed by atoms with Crippen LogP contribution in [0, 0.1) is 13.8 Å². The minimum Gasteiger partial charge on any atom is -0.476 e. The number of carboxylic acid groups (broad SMARTS) is 1. The third-order valence-corrected chi connectivity index (χ3v) is 3.15. The Bertz CT molecular complexity index is 635. The highest BCUT2D eigenvalue weighted by Crippen LogP contribution is 2.15. The van der Waals surface area contributed by atoms with E-state index in [0.29, 0.717) is 12.2 Å². The van der Waals surface area contributed by atoms with Crippen LogP contribution in [-0.2, 0) is 17.9 Å². The van der Waals surface area contributed by atoms with Gasteiger partial charge in [0.1, 0.15) is 0 Å². The van der Waals surface area contributed by atoms with Gasteiger partial charge in [0.15, 0.2) is 5.69 Å². The Morgan fingerprint density at radius 3 is 2.80 bits per heavy atom. The molecule has 0 fully saturated rings. The van der Waals surface area contributed by atoms with Crippen LogP contribution in [0.1, 0.15) is 32.9 Å². The smallest absolute Gasteiger partial charge is 0.358 e. The molecule has 0 aliphatic rings. The number of aromatic carboxylic acids is 1. The number of benzene rings is 1. The Hall–Kier alpha value is -2.21. The monoisotopic (exact) mass is 275 g/mol. The first-order valence-corrected chi connectivity index (χ1v) is 6.23. The van der Waals surface area contributed by atoms with E-state index in [4.69, 9.17) is 9.84 Å². The summed E-state index contributed by atoms with van der Waals surface area (Å²) in [5, 5.41) is 16.7. The standard InChI is InChI=1S/C14H17N3O3/c1-9-4-5-10(2)11(6-9)7-17-12(8-20-3)13(14(18)19)15-16-17/h4-6H,7-8H2,1-3H3,(H,18,19). The first-order chi connectivity index (χ1) is 9.52. The fourth-order valence-electron chi connectivity index (χ4n) is 2.04. The molecule has 1 heterocycles. The van der Waals surface area contributed by atoms with Gasteiger partial charge in [-0.1, -0.05) is 29.0 Å². The van der Waals surface area contributed by atoms with E-state index in [1.54, 1.807) is 4.68 Å². The maximum atomic E-state index is 11.1. The predicted octanol–water partition coefficient (Wildman–Crippen LogP) is 1.79. The SMILES string of the molecule is COCc1c(C(=O)O)nnn1Cc1cc(C)ccc1C. The van der Waals surface area contributed by atoms with Crippen LogP contribution in [0.25, 0.3) is 0 Å². The molecule has 1 aromatic heterocycles. The number of aryl methyl sites for hydroxylation is 2. The second-order valence-electron chi connectivity index (χ2n) is 4.71. The molecule has 2 rings (SSSR count). The zero-order chi connectivity index (χ0) is 14.7. The summed E-state index contributed by atoms with van der Waals surface area (Å²) in [5.74, 6) is -1.09. The molecule has 106 valence electrons. The number of ether oxygens (including phenoxy) is 1. The van der Waals surface area contributed by atoms with Gasteiger partial charge in [0.2, 0.25) is 0 Å². The van der Waals surface area contributed by atoms with Crippen molar-refractivity contribution < 1.29 is 14.6 Å². The lowest BCUT2D eigenvalue weighted by atomic mass is 10.1. The summed E-state index contributed by atoms with van der Waals surface area (Å²) in [6.07, 6.45) is 0. The van der Waals surface area contributed by atoms with Gasteiger partial charge in [-0.25, -0.2) is 9.48 Å². The van der Waals surface area contributed by atoms with Crippen molar-refractivity contribution in [1.82, 2.24) is 15.0 Å². The fraction of sp³-hybridized carbons (Fsp3) is 0.357. The average Bonchev–Trinajstić information content (AvgIpc) is 2.78. The summed E-state index contributed by atoms with van der Waals surface area (Å²) >= 11 is 0. The predicted molar refractivity (Wildman–Crippen MR) is 72.7 cm³/mol. The van der Waals surface area contributed by atoms with E-state index in [-0.39, 0.29) is 12.3 Å². The summed E-state index contributed by atoms with van der Waals surface area (Å²) in [4.78, 5) is 11.1. The van der Waals surface area contributed by atoms with Gasteiger partial charge in [-0.2, -0.15) is 0 Å². The molecule has 0 unspecified atom stereocenters. The second kappa shape index (κ2) is 5.83. The molecule has 0 spiro atoms. The second-order valence-corrected chi connectivity index (χ2v) is 4.71. The Labute approximate surface area is 117 Å². The van der Waals surface area contributed by atoms with Crippen molar-refractivity contribution in [3.8, 4) is 0 Å². The normalized spacial score (nSPS) is 10.8. The summed E-state index contributed by atoms with van der Waals surface area (Å²) in [5.41, 5.74) is 3.78. The number of carboxylic acids is 1. The van der Waals surface area contributed by atoms with Crippen molar-refractivity contribution in [2.75, 3.05) is 7.11 Å². The van der Waals surface area contributed by atoms with E-state index >= 15 is 0 Å². The zero-order valence-corrected chi connectivity index (χ0v) is 11.8. The van der Waals surface area contributed by atoms with Crippen LogP contribution in [0.2, 0.25) is 0 Å². The summed E-state index contributed by atoms with van der Waals surface area (Å²) in [6.45, 7) is 4.68. The lowest BCUT2D eigenvalue weighted by Gasteiger charge is -2.09. The van der Waals surface area contributed by atoms with Crippen molar-refractivity contribution in [2.45, 2.75) is 27.0 Å². The van der Waals surface area contributed by atoms with Crippen LogP contribution in [0.5, 0.6) is 0 Å². The van der Waals surface area contributed by atoms with Crippen LogP contribution in [0.15, 0.2) is 18.2 Å². The van der Waals surface area contributed by atoms with E-state index in [2.05, 4.69) is 16.4 Å². The number of aromatic nitrogens is 3. The summed E-state index contributed by atoms with van der Waals surface area (Å²) in [7, 11) is 1.51. The maximum Gasteiger partial charge on any atom is 0.358 e. The molecular weight excluding hydrogens is 258 g/mol. The Kier molecular flexibility index (Phi) is 4.14. The molecule has 6 nitrogen and oxygen atoms in total. The molecule has 0 saturated carbocycles. The maximum absolute atomic E-state index is 11.1. The van der Waals surface area contributed by atoms with Crippen LogP contribution in [0.3, 0.4) is 0 Å². The average molecular weight is 275 g/mol. The van der Waals surface area contributed by atoms with Crippen LogP contribution in [0.4, 0.5) is 0 Å². The number of hydrogen-bond acceptors (Lipinski definition) is 4. The van der Waals surface area contributed by atoms with E-state index in [9.17, 15) is 4.79 Å². The third kappa shape index (κ3) is 2.85. The first kappa shape index (κ1) is 14.2. The van der Waals surface area contributed by atoms with Crippen molar-refractivity contribution >= 4 is 5.97 Å². The molecule has 6 heteroatoms. The molecule has 0 saturated heterocycles. The lowest BCUT2D eigenvalue weighted by Crippen LogP contribution is -2.11. The molecular formula is C14H17N3O3. The first-order valence-electron chi connectivity index (χ1n) is 6.23. The van der Waals surface area contributed by atoms with Crippen LogP contribution in [-0.4, -0.2) is 33.2 Å². The lowest BCUT2D eigenvalue weighted by molar-refractivity contribution is 0.0684. The number of rotatable bonds is 5. The van der Waals surface area contributed by atoms with Gasteiger partial charge in [-0.3, -0.25) is 0 Å². The molecule has 0 aliphatic carbocycles. The molecule has 2 aromatic rings. The highest BCUT2D eigenvalue weighted by atomic mass is 16.5. The topological polar surface area (TPSA) is 77.2 Å². The van der Waals surface area contributed by atoms with E-state index < -0.39 is 5.97 Å². The van der Waals surface area contributed by atoms with E-state index in [0.717, 1.165) is 16.7 Å². The van der Waals surface area contributed by atoms with Gasteiger partial charge in [0, 0.05) is 7.11 Å². The molecule has 20 heavy (non-hydrogen) atoms. The number of methoxy groups -OCH3 is 1. The number of hydrogen-bond donors (Lipinski definition) is 1. The highest BCUT2D eigenvalue weighted by molar-refractivity contribution is 5.86. The van der Waals surface area contributed by atoms with Gasteiger partial charge < -0.3 is 9.84 Å². The number of carbonyl (C=O) groups is 1. The van der Waals surface area contributed by atoms with Crippen LogP contribution < -0.4 is 0 Å². The molecule has 0 amide bonds. The largest absolute Gasteiger partial charge is 0.476 e. The zero-order valence-electron chi connectivity index (χ0n) is 11.8. The number of nitrogens with zero attached hydrogens (tertiary/aromatic N) is 3. The molecule has 0 radical (unpaired) electrons. The van der Waals surface area contributed by atoms with Crippen molar-refractivity contribution in [2.24, 2.45) is 0 Å². The highest BCUT2D eigenvalue weighted by Gasteiger charge is 2.19. The summed E-state index contributed by atoms with van der Waals surface area (Å²) < 4.78 is 6.62. The third-order valence-electron chi connectivity index (χ3n) is 3.15. The quantitative estimate of drug-likeness (QED) is 0.900. The molecule has 1 N–H and O–H groups in total. The Morgan fingerprint density at radius 1 is 1.40 bits per heavy atom. The summed E-state index contributed by atoms with van der Waals surface area (Å²) in [6, 6.07) is 6.14. The minimum absolute atomic E-state index is 0.0582. The van der Waals surface area contributed by atoms with Gasteiger partial charge in [0.25, 0.3) is 0 Å². The van der Waals surface area contributed by atoms with Crippen molar-refractivity contribution in [3.63, 3.8) is 0 Å². The molecule has 0 aliphatic heterocycles. The molecule has 1 aromatic carbocycles. The Balaban J connectivity index is 2.38.